The highest BCUT2D eigenvalue weighted by Crippen LogP contribution is 2.38. The molecule has 0 spiro atoms. The minimum absolute atomic E-state index is 0.121. The van der Waals surface area contributed by atoms with Gasteiger partial charge in [-0.3, -0.25) is 4.90 Å². The van der Waals surface area contributed by atoms with Crippen molar-refractivity contribution in [2.45, 2.75) is 131 Å². The van der Waals surface area contributed by atoms with Crippen LogP contribution >= 0.6 is 17.2 Å². The fourth-order valence-electron chi connectivity index (χ4n) is 3.95. The summed E-state index contributed by atoms with van der Waals surface area (Å²) in [6, 6.07) is 0. The summed E-state index contributed by atoms with van der Waals surface area (Å²) < 4.78 is 30.8. The maximum Gasteiger partial charge on any atom is 0.181 e. The lowest BCUT2D eigenvalue weighted by atomic mass is 10.3. The monoisotopic (exact) mass is 511 g/mol. The van der Waals surface area contributed by atoms with Gasteiger partial charge < -0.3 is 23.7 Å². The minimum atomic E-state index is -0.544. The van der Waals surface area contributed by atoms with Crippen molar-refractivity contribution >= 4 is 17.2 Å². The lowest BCUT2D eigenvalue weighted by Gasteiger charge is -2.37. The largest absolute Gasteiger partial charge is 0.363 e. The predicted octanol–water partition coefficient (Wildman–Crippen LogP) is 6.47. The average Bonchev–Trinajstić information content (AvgIpc) is 2.62. The number of hydrogen-bond acceptors (Lipinski definition) is 6. The van der Waals surface area contributed by atoms with E-state index in [4.69, 9.17) is 23.7 Å². The fraction of sp³-hybridized carbons (Fsp3) is 1.00. The number of hydrogen-bond donors (Lipinski definition) is 0. The zero-order valence-corrected chi connectivity index (χ0v) is 25.6. The molecule has 0 N–H and O–H groups in total. The highest BCUT2D eigenvalue weighted by molar-refractivity contribution is 7.39. The summed E-state index contributed by atoms with van der Waals surface area (Å²) in [4.78, 5) is 2.47. The first kappa shape index (κ1) is 33.6. The van der Waals surface area contributed by atoms with Gasteiger partial charge in [-0.2, -0.15) is 0 Å². The van der Waals surface area contributed by atoms with Crippen LogP contribution in [-0.2, 0) is 23.7 Å². The van der Waals surface area contributed by atoms with E-state index in [2.05, 4.69) is 88.0 Å². The lowest BCUT2D eigenvalue weighted by Crippen LogP contribution is -2.41. The molecule has 0 aromatic heterocycles. The molecule has 0 heterocycles. The standard InChI is InChI=1S/C25H55NO5P2/c1-13-23(27-14-2)26(15-17-32-24(11,28-19(3)4)29-20(5)6)16-18-33-25(12,30-21(7)8)31-22(9)10/h19-23,32-33H,13-18H2,1-12H3. The van der Waals surface area contributed by atoms with Crippen molar-refractivity contribution in [2.75, 3.05) is 32.0 Å². The Morgan fingerprint density at radius 3 is 1.21 bits per heavy atom. The molecule has 0 aliphatic carbocycles. The third-order valence-electron chi connectivity index (χ3n) is 4.65. The van der Waals surface area contributed by atoms with Crippen molar-refractivity contribution < 1.29 is 23.7 Å². The summed E-state index contributed by atoms with van der Waals surface area (Å²) >= 11 is 0. The molecule has 6 nitrogen and oxygen atoms in total. The van der Waals surface area contributed by atoms with Crippen molar-refractivity contribution in [2.24, 2.45) is 0 Å². The molecule has 0 aliphatic rings. The van der Waals surface area contributed by atoms with Crippen LogP contribution in [0.5, 0.6) is 0 Å². The van der Waals surface area contributed by atoms with E-state index in [-0.39, 0.29) is 30.6 Å². The summed E-state index contributed by atoms with van der Waals surface area (Å²) in [6.45, 7) is 27.6. The first-order chi connectivity index (χ1) is 15.3. The average molecular weight is 512 g/mol. The normalized spacial score (nSPS) is 15.2. The Kier molecular flexibility index (Phi) is 17.5. The van der Waals surface area contributed by atoms with Crippen LogP contribution in [0, 0.1) is 0 Å². The first-order valence-corrected chi connectivity index (χ1v) is 15.2. The summed E-state index contributed by atoms with van der Waals surface area (Å²) in [6.07, 6.45) is 3.61. The van der Waals surface area contributed by atoms with Gasteiger partial charge in [-0.15, -0.1) is 0 Å². The molecule has 3 atom stereocenters. The van der Waals surface area contributed by atoms with Gasteiger partial charge in [0, 0.05) is 19.7 Å². The van der Waals surface area contributed by atoms with Crippen LogP contribution in [0.4, 0.5) is 0 Å². The Labute approximate surface area is 209 Å². The van der Waals surface area contributed by atoms with E-state index in [0.29, 0.717) is 17.2 Å². The molecule has 0 bridgehead atoms. The van der Waals surface area contributed by atoms with Gasteiger partial charge in [-0.1, -0.05) is 24.1 Å². The van der Waals surface area contributed by atoms with Crippen LogP contribution in [-0.4, -0.2) is 78.6 Å². The van der Waals surface area contributed by atoms with Gasteiger partial charge in [-0.25, -0.2) is 0 Å². The zero-order chi connectivity index (χ0) is 25.7. The van der Waals surface area contributed by atoms with E-state index in [0.717, 1.165) is 38.4 Å². The number of rotatable bonds is 20. The van der Waals surface area contributed by atoms with Crippen LogP contribution in [0.15, 0.2) is 0 Å². The topological polar surface area (TPSA) is 49.4 Å². The summed E-state index contributed by atoms with van der Waals surface area (Å²) in [5, 5.41) is 0. The highest BCUT2D eigenvalue weighted by Gasteiger charge is 2.31. The van der Waals surface area contributed by atoms with Gasteiger partial charge >= 0.3 is 0 Å². The minimum Gasteiger partial charge on any atom is -0.363 e. The highest BCUT2D eigenvalue weighted by atomic mass is 31.1. The van der Waals surface area contributed by atoms with Crippen LogP contribution in [0.1, 0.15) is 89.5 Å². The predicted molar refractivity (Wildman–Crippen MR) is 145 cm³/mol. The second-order valence-corrected chi connectivity index (χ2v) is 13.3. The molecular formula is C25H55NO5P2. The summed E-state index contributed by atoms with van der Waals surface area (Å²) in [5.41, 5.74) is -1.09. The van der Waals surface area contributed by atoms with E-state index in [9.17, 15) is 0 Å². The van der Waals surface area contributed by atoms with E-state index in [1.54, 1.807) is 0 Å². The Hall–Kier alpha value is 0.620. The third kappa shape index (κ3) is 16.1. The fourth-order valence-corrected chi connectivity index (χ4v) is 6.93. The molecule has 0 rings (SSSR count). The van der Waals surface area contributed by atoms with Crippen molar-refractivity contribution in [1.82, 2.24) is 4.90 Å². The zero-order valence-electron chi connectivity index (χ0n) is 23.6. The van der Waals surface area contributed by atoms with E-state index < -0.39 is 11.1 Å². The Morgan fingerprint density at radius 2 is 0.970 bits per heavy atom. The Bertz CT molecular complexity index is 435. The molecule has 3 unspecified atom stereocenters. The van der Waals surface area contributed by atoms with Gasteiger partial charge in [0.15, 0.2) is 11.1 Å². The van der Waals surface area contributed by atoms with E-state index in [1.165, 1.54) is 0 Å². The molecule has 0 aliphatic heterocycles. The van der Waals surface area contributed by atoms with Crippen molar-refractivity contribution in [3.8, 4) is 0 Å². The second-order valence-electron chi connectivity index (χ2n) is 9.77. The molecule has 33 heavy (non-hydrogen) atoms. The van der Waals surface area contributed by atoms with Crippen LogP contribution in [0.2, 0.25) is 0 Å². The molecule has 0 fully saturated rings. The molecule has 0 saturated carbocycles. The summed E-state index contributed by atoms with van der Waals surface area (Å²) in [5.74, 6) is 0. The molecule has 0 saturated heterocycles. The molecular weight excluding hydrogens is 456 g/mol. The maximum atomic E-state index is 6.17. The Morgan fingerprint density at radius 1 is 0.636 bits per heavy atom. The third-order valence-corrected chi connectivity index (χ3v) is 7.35. The van der Waals surface area contributed by atoms with Gasteiger partial charge in [0.1, 0.15) is 6.23 Å². The summed E-state index contributed by atoms with van der Waals surface area (Å²) in [7, 11) is 1.10. The molecule has 0 amide bonds. The molecule has 200 valence electrons. The van der Waals surface area contributed by atoms with Gasteiger partial charge in [0.2, 0.25) is 0 Å². The molecule has 8 heteroatoms. The van der Waals surface area contributed by atoms with Gasteiger partial charge in [-0.05, 0) is 94.9 Å². The van der Waals surface area contributed by atoms with Crippen LogP contribution in [0.25, 0.3) is 0 Å². The van der Waals surface area contributed by atoms with Crippen molar-refractivity contribution in [3.63, 3.8) is 0 Å². The molecule has 0 aromatic carbocycles. The second kappa shape index (κ2) is 17.1. The quantitative estimate of drug-likeness (QED) is 0.138. The first-order valence-electron chi connectivity index (χ1n) is 12.8. The van der Waals surface area contributed by atoms with E-state index >= 15 is 0 Å². The SMILES string of the molecule is CCOC(CC)N(CCPC(C)(OC(C)C)OC(C)C)CCPC(C)(OC(C)C)OC(C)C. The molecule has 0 aromatic rings. The number of nitrogens with zero attached hydrogens (tertiary/aromatic N) is 1. The number of ether oxygens (including phenoxy) is 5. The van der Waals surface area contributed by atoms with Crippen molar-refractivity contribution in [1.29, 1.82) is 0 Å². The maximum absolute atomic E-state index is 6.17. The van der Waals surface area contributed by atoms with E-state index in [1.807, 2.05) is 0 Å². The van der Waals surface area contributed by atoms with Crippen LogP contribution < -0.4 is 0 Å². The van der Waals surface area contributed by atoms with Crippen LogP contribution in [0.3, 0.4) is 0 Å². The van der Waals surface area contributed by atoms with Gasteiger partial charge in [0.05, 0.1) is 24.4 Å². The Balaban J connectivity index is 5.15. The molecule has 0 radical (unpaired) electrons. The van der Waals surface area contributed by atoms with Gasteiger partial charge in [0.25, 0.3) is 0 Å². The smallest absolute Gasteiger partial charge is 0.181 e. The van der Waals surface area contributed by atoms with Crippen molar-refractivity contribution in [3.05, 3.63) is 0 Å². The lowest BCUT2D eigenvalue weighted by molar-refractivity contribution is -0.199.